The SMILES string of the molecule is CC1C=C2N(CCC(NC(=O)c3nc[nH]n3)C(=O)N2C)N1. The number of amides is 2. The normalized spacial score (nSPS) is 25.4. The van der Waals surface area contributed by atoms with Gasteiger partial charge in [0.2, 0.25) is 5.82 Å². The van der Waals surface area contributed by atoms with Crippen LogP contribution in [0.2, 0.25) is 0 Å². The summed E-state index contributed by atoms with van der Waals surface area (Å²) >= 11 is 0. The Labute approximate surface area is 121 Å². The first-order chi connectivity index (χ1) is 10.1. The highest BCUT2D eigenvalue weighted by Gasteiger charge is 2.35. The predicted octanol–water partition coefficient (Wildman–Crippen LogP) is -1.18. The van der Waals surface area contributed by atoms with E-state index in [2.05, 4.69) is 25.9 Å². The number of aromatic amines is 1. The van der Waals surface area contributed by atoms with Gasteiger partial charge in [-0.3, -0.25) is 24.6 Å². The molecule has 3 N–H and O–H groups in total. The fraction of sp³-hybridized carbons (Fsp3) is 0.500. The van der Waals surface area contributed by atoms with E-state index in [1.807, 2.05) is 18.0 Å². The van der Waals surface area contributed by atoms with E-state index < -0.39 is 11.9 Å². The molecule has 0 bridgehead atoms. The Kier molecular flexibility index (Phi) is 3.34. The van der Waals surface area contributed by atoms with Crippen molar-refractivity contribution in [3.05, 3.63) is 24.0 Å². The van der Waals surface area contributed by atoms with E-state index in [0.717, 1.165) is 5.82 Å². The molecule has 0 radical (unpaired) electrons. The van der Waals surface area contributed by atoms with Crippen LogP contribution in [0.4, 0.5) is 0 Å². The van der Waals surface area contributed by atoms with Gasteiger partial charge in [-0.25, -0.2) is 10.4 Å². The highest BCUT2D eigenvalue weighted by Crippen LogP contribution is 2.21. The topological polar surface area (TPSA) is 106 Å². The molecule has 2 unspecified atom stereocenters. The lowest BCUT2D eigenvalue weighted by Crippen LogP contribution is -2.46. The molecule has 21 heavy (non-hydrogen) atoms. The van der Waals surface area contributed by atoms with Crippen molar-refractivity contribution in [3.63, 3.8) is 0 Å². The fourth-order valence-electron chi connectivity index (χ4n) is 2.54. The molecule has 2 amide bonds. The highest BCUT2D eigenvalue weighted by molar-refractivity contribution is 5.95. The van der Waals surface area contributed by atoms with Crippen LogP contribution < -0.4 is 10.7 Å². The van der Waals surface area contributed by atoms with Crippen molar-refractivity contribution in [2.75, 3.05) is 13.6 Å². The van der Waals surface area contributed by atoms with Gasteiger partial charge in [0.05, 0.1) is 0 Å². The lowest BCUT2D eigenvalue weighted by atomic mass is 10.2. The number of carbonyl (C=O) groups excluding carboxylic acids is 2. The molecule has 3 heterocycles. The third-order valence-electron chi connectivity index (χ3n) is 3.57. The Morgan fingerprint density at radius 3 is 3.05 bits per heavy atom. The zero-order chi connectivity index (χ0) is 15.0. The molecule has 2 atom stereocenters. The number of hydrazine groups is 1. The van der Waals surface area contributed by atoms with Gasteiger partial charge in [0.15, 0.2) is 0 Å². The van der Waals surface area contributed by atoms with Crippen molar-refractivity contribution in [3.8, 4) is 0 Å². The molecular weight excluding hydrogens is 274 g/mol. The number of nitrogens with zero attached hydrogens (tertiary/aromatic N) is 4. The number of likely N-dealkylation sites (N-methyl/N-ethyl adjacent to an activating group) is 1. The number of aromatic nitrogens is 3. The Hall–Kier alpha value is -2.42. The van der Waals surface area contributed by atoms with Crippen molar-refractivity contribution < 1.29 is 9.59 Å². The maximum atomic E-state index is 12.5. The maximum absolute atomic E-state index is 12.5. The first kappa shape index (κ1) is 13.6. The van der Waals surface area contributed by atoms with Gasteiger partial charge in [0.25, 0.3) is 11.8 Å². The molecule has 9 nitrogen and oxygen atoms in total. The van der Waals surface area contributed by atoms with Crippen molar-refractivity contribution in [1.82, 2.24) is 35.8 Å². The molecule has 1 aromatic rings. The number of carbonyl (C=O) groups is 2. The Balaban J connectivity index is 1.74. The molecule has 0 aliphatic carbocycles. The molecule has 1 fully saturated rings. The zero-order valence-corrected chi connectivity index (χ0v) is 11.8. The molecule has 3 rings (SSSR count). The molecule has 112 valence electrons. The van der Waals surface area contributed by atoms with Gasteiger partial charge in [-0.1, -0.05) is 0 Å². The van der Waals surface area contributed by atoms with Crippen molar-refractivity contribution in [2.45, 2.75) is 25.4 Å². The van der Waals surface area contributed by atoms with Crippen LogP contribution in [0.1, 0.15) is 24.0 Å². The zero-order valence-electron chi connectivity index (χ0n) is 11.8. The Morgan fingerprint density at radius 1 is 1.52 bits per heavy atom. The van der Waals surface area contributed by atoms with Crippen LogP contribution in [0.5, 0.6) is 0 Å². The average Bonchev–Trinajstić information content (AvgIpc) is 3.09. The fourth-order valence-corrected chi connectivity index (χ4v) is 2.54. The van der Waals surface area contributed by atoms with Crippen LogP contribution in [0.25, 0.3) is 0 Å². The van der Waals surface area contributed by atoms with Gasteiger partial charge < -0.3 is 5.32 Å². The second-order valence-electron chi connectivity index (χ2n) is 5.13. The minimum Gasteiger partial charge on any atom is -0.337 e. The minimum atomic E-state index is -0.593. The number of nitrogens with one attached hydrogen (secondary N) is 3. The summed E-state index contributed by atoms with van der Waals surface area (Å²) in [6, 6.07) is -0.403. The monoisotopic (exact) mass is 291 g/mol. The van der Waals surface area contributed by atoms with Gasteiger partial charge in [-0.2, -0.15) is 0 Å². The predicted molar refractivity (Wildman–Crippen MR) is 72.4 cm³/mol. The molecule has 9 heteroatoms. The van der Waals surface area contributed by atoms with E-state index in [1.54, 1.807) is 11.9 Å². The van der Waals surface area contributed by atoms with Crippen LogP contribution in [0.3, 0.4) is 0 Å². The third kappa shape index (κ3) is 2.47. The van der Waals surface area contributed by atoms with E-state index in [4.69, 9.17) is 0 Å². The summed E-state index contributed by atoms with van der Waals surface area (Å²) in [5, 5.41) is 10.8. The van der Waals surface area contributed by atoms with Gasteiger partial charge >= 0.3 is 0 Å². The van der Waals surface area contributed by atoms with E-state index >= 15 is 0 Å². The van der Waals surface area contributed by atoms with Crippen LogP contribution >= 0.6 is 0 Å². The number of fused-ring (bicyclic) bond motifs is 1. The van der Waals surface area contributed by atoms with Crippen LogP contribution in [0.15, 0.2) is 18.2 Å². The molecular formula is C12H17N7O2. The summed E-state index contributed by atoms with van der Waals surface area (Å²) < 4.78 is 0. The molecule has 1 aromatic heterocycles. The standard InChI is InChI=1S/C12H17N7O2/c1-7-5-9-18(2)12(21)8(3-4-19(9)17-7)15-11(20)10-13-6-14-16-10/h5-8,17H,3-4H2,1-2H3,(H,15,20)(H,13,14,16). The van der Waals surface area contributed by atoms with E-state index in [-0.39, 0.29) is 17.8 Å². The largest absolute Gasteiger partial charge is 0.337 e. The van der Waals surface area contributed by atoms with E-state index in [9.17, 15) is 9.59 Å². The second-order valence-corrected chi connectivity index (χ2v) is 5.13. The molecule has 0 saturated carbocycles. The van der Waals surface area contributed by atoms with E-state index in [0.29, 0.717) is 13.0 Å². The van der Waals surface area contributed by atoms with Crippen molar-refractivity contribution in [2.24, 2.45) is 0 Å². The molecule has 1 saturated heterocycles. The number of rotatable bonds is 2. The summed E-state index contributed by atoms with van der Waals surface area (Å²) in [7, 11) is 1.71. The molecule has 2 aliphatic heterocycles. The summed E-state index contributed by atoms with van der Waals surface area (Å²) in [6.45, 7) is 2.65. The first-order valence-corrected chi connectivity index (χ1v) is 6.76. The van der Waals surface area contributed by atoms with Crippen LogP contribution in [-0.4, -0.2) is 62.6 Å². The quantitative estimate of drug-likeness (QED) is 0.633. The van der Waals surface area contributed by atoms with Crippen molar-refractivity contribution >= 4 is 11.8 Å². The summed E-state index contributed by atoms with van der Waals surface area (Å²) in [5.41, 5.74) is 3.25. The van der Waals surface area contributed by atoms with Crippen LogP contribution in [-0.2, 0) is 4.79 Å². The number of hydrogen-bond donors (Lipinski definition) is 3. The second kappa shape index (κ2) is 5.17. The minimum absolute atomic E-state index is 0.0289. The smallest absolute Gasteiger partial charge is 0.291 e. The summed E-state index contributed by atoms with van der Waals surface area (Å²) in [4.78, 5) is 29.8. The molecule has 2 aliphatic rings. The lowest BCUT2D eigenvalue weighted by molar-refractivity contribution is -0.130. The number of hydrogen-bond acceptors (Lipinski definition) is 6. The van der Waals surface area contributed by atoms with Gasteiger partial charge in [-0.15, -0.1) is 5.10 Å². The first-order valence-electron chi connectivity index (χ1n) is 6.76. The summed E-state index contributed by atoms with van der Waals surface area (Å²) in [6.07, 6.45) is 3.82. The lowest BCUT2D eigenvalue weighted by Gasteiger charge is -2.25. The summed E-state index contributed by atoms with van der Waals surface area (Å²) in [5.74, 6) is 0.243. The Bertz CT molecular complexity index is 582. The van der Waals surface area contributed by atoms with Gasteiger partial charge in [0.1, 0.15) is 18.2 Å². The maximum Gasteiger partial charge on any atom is 0.291 e. The third-order valence-corrected chi connectivity index (χ3v) is 3.57. The van der Waals surface area contributed by atoms with Crippen molar-refractivity contribution in [1.29, 1.82) is 0 Å². The number of H-pyrrole nitrogens is 1. The van der Waals surface area contributed by atoms with Gasteiger partial charge in [-0.05, 0) is 19.4 Å². The van der Waals surface area contributed by atoms with E-state index in [1.165, 1.54) is 6.33 Å². The highest BCUT2D eigenvalue weighted by atomic mass is 16.2. The molecule has 0 aromatic carbocycles. The Morgan fingerprint density at radius 2 is 2.33 bits per heavy atom. The average molecular weight is 291 g/mol. The van der Waals surface area contributed by atoms with Gasteiger partial charge in [0, 0.05) is 19.6 Å². The van der Waals surface area contributed by atoms with Crippen LogP contribution in [0, 0.1) is 0 Å². The molecule has 0 spiro atoms.